The number of amides is 1. The Labute approximate surface area is 184 Å². The topological polar surface area (TPSA) is 49.8 Å². The summed E-state index contributed by atoms with van der Waals surface area (Å²) in [7, 11) is 0. The molecular formula is C27H29NO3. The highest BCUT2D eigenvalue weighted by Gasteiger charge is 2.23. The molecule has 0 saturated carbocycles. The Kier molecular flexibility index (Phi) is 6.38. The number of ether oxygens (including phenoxy) is 1. The molecule has 1 atom stereocenters. The van der Waals surface area contributed by atoms with Gasteiger partial charge in [-0.2, -0.15) is 0 Å². The average molecular weight is 416 g/mol. The van der Waals surface area contributed by atoms with E-state index in [1.54, 1.807) is 0 Å². The fraction of sp³-hybridized carbons (Fsp3) is 0.296. The van der Waals surface area contributed by atoms with E-state index in [1.807, 2.05) is 73.3 Å². The van der Waals surface area contributed by atoms with Crippen molar-refractivity contribution in [2.24, 2.45) is 0 Å². The minimum absolute atomic E-state index is 0.0210. The average Bonchev–Trinajstić information content (AvgIpc) is 3.01. The van der Waals surface area contributed by atoms with Gasteiger partial charge in [0, 0.05) is 17.7 Å². The van der Waals surface area contributed by atoms with Gasteiger partial charge in [0.1, 0.15) is 12.4 Å². The molecule has 4 heteroatoms. The third-order valence-electron chi connectivity index (χ3n) is 6.12. The van der Waals surface area contributed by atoms with Gasteiger partial charge in [0.2, 0.25) is 0 Å². The fourth-order valence-electron chi connectivity index (χ4n) is 4.06. The van der Waals surface area contributed by atoms with Gasteiger partial charge in [0.15, 0.2) is 0 Å². The number of benzene rings is 3. The highest BCUT2D eigenvalue weighted by atomic mass is 16.5. The highest BCUT2D eigenvalue weighted by Crippen LogP contribution is 2.29. The number of aliphatic hydroxyl groups is 1. The van der Waals surface area contributed by atoms with Crippen molar-refractivity contribution in [2.75, 3.05) is 13.2 Å². The number of carbonyl (C=O) groups is 1. The fourth-order valence-corrected chi connectivity index (χ4v) is 4.06. The molecule has 31 heavy (non-hydrogen) atoms. The van der Waals surface area contributed by atoms with E-state index in [1.165, 1.54) is 5.56 Å². The lowest BCUT2D eigenvalue weighted by atomic mass is 9.99. The summed E-state index contributed by atoms with van der Waals surface area (Å²) in [6, 6.07) is 21.9. The quantitative estimate of drug-likeness (QED) is 0.638. The summed E-state index contributed by atoms with van der Waals surface area (Å²) in [5.74, 6) is 0.808. The van der Waals surface area contributed by atoms with Crippen molar-refractivity contribution < 1.29 is 14.6 Å². The smallest absolute Gasteiger partial charge is 0.254 e. The summed E-state index contributed by atoms with van der Waals surface area (Å²) in [5.41, 5.74) is 5.88. The molecule has 160 valence electrons. The zero-order valence-electron chi connectivity index (χ0n) is 18.2. The van der Waals surface area contributed by atoms with E-state index in [0.717, 1.165) is 40.0 Å². The molecule has 1 heterocycles. The van der Waals surface area contributed by atoms with E-state index >= 15 is 0 Å². The van der Waals surface area contributed by atoms with Crippen LogP contribution in [-0.2, 0) is 13.0 Å². The Hall–Kier alpha value is -3.11. The van der Waals surface area contributed by atoms with Gasteiger partial charge >= 0.3 is 0 Å². The molecule has 0 radical (unpaired) electrons. The molecule has 3 aromatic rings. The Morgan fingerprint density at radius 2 is 1.87 bits per heavy atom. The monoisotopic (exact) mass is 415 g/mol. The highest BCUT2D eigenvalue weighted by molar-refractivity contribution is 5.96. The van der Waals surface area contributed by atoms with Crippen molar-refractivity contribution in [3.63, 3.8) is 0 Å². The van der Waals surface area contributed by atoms with Crippen molar-refractivity contribution in [1.82, 2.24) is 4.90 Å². The summed E-state index contributed by atoms with van der Waals surface area (Å²) >= 11 is 0. The maximum atomic E-state index is 13.2. The molecule has 3 aromatic carbocycles. The summed E-state index contributed by atoms with van der Waals surface area (Å²) < 4.78 is 5.91. The van der Waals surface area contributed by atoms with E-state index in [-0.39, 0.29) is 5.91 Å². The minimum Gasteiger partial charge on any atom is -0.491 e. The van der Waals surface area contributed by atoms with Crippen LogP contribution in [0, 0.1) is 13.8 Å². The molecule has 4 nitrogen and oxygen atoms in total. The predicted molar refractivity (Wildman–Crippen MR) is 122 cm³/mol. The molecule has 0 aliphatic carbocycles. The van der Waals surface area contributed by atoms with Crippen molar-refractivity contribution in [3.8, 4) is 5.75 Å². The summed E-state index contributed by atoms with van der Waals surface area (Å²) in [4.78, 5) is 15.1. The van der Waals surface area contributed by atoms with E-state index in [0.29, 0.717) is 26.1 Å². The summed E-state index contributed by atoms with van der Waals surface area (Å²) in [6.07, 6.45) is 0.902. The second-order valence-corrected chi connectivity index (χ2v) is 8.23. The van der Waals surface area contributed by atoms with Crippen LogP contribution in [0.2, 0.25) is 0 Å². The van der Waals surface area contributed by atoms with Gasteiger partial charge in [-0.1, -0.05) is 48.5 Å². The number of carbonyl (C=O) groups excluding carboxylic acids is 1. The normalized spacial score (nSPS) is 14.4. The van der Waals surface area contributed by atoms with Crippen LogP contribution in [0.5, 0.6) is 5.75 Å². The number of fused-ring (bicyclic) bond motifs is 1. The molecule has 0 saturated heterocycles. The number of aliphatic hydroxyl groups excluding tert-OH is 1. The van der Waals surface area contributed by atoms with Gasteiger partial charge in [-0.15, -0.1) is 0 Å². The van der Waals surface area contributed by atoms with Crippen molar-refractivity contribution in [1.29, 1.82) is 0 Å². The van der Waals surface area contributed by atoms with Gasteiger partial charge in [-0.3, -0.25) is 4.79 Å². The van der Waals surface area contributed by atoms with Crippen LogP contribution in [0.25, 0.3) is 0 Å². The Morgan fingerprint density at radius 3 is 2.68 bits per heavy atom. The first-order valence-corrected chi connectivity index (χ1v) is 10.9. The molecule has 4 rings (SSSR count). The Morgan fingerprint density at radius 1 is 1.06 bits per heavy atom. The number of aryl methyl sites for hydroxylation is 2. The lowest BCUT2D eigenvalue weighted by molar-refractivity contribution is 0.0732. The molecule has 0 fully saturated rings. The number of rotatable bonds is 5. The first kappa shape index (κ1) is 21.1. The van der Waals surface area contributed by atoms with Gasteiger partial charge in [-0.25, -0.2) is 0 Å². The molecule has 1 amide bonds. The number of hydrogen-bond acceptors (Lipinski definition) is 3. The number of hydrogen-bond donors (Lipinski definition) is 1. The van der Waals surface area contributed by atoms with E-state index in [2.05, 4.69) is 12.1 Å². The van der Waals surface area contributed by atoms with E-state index in [4.69, 9.17) is 4.74 Å². The molecule has 1 N–H and O–H groups in total. The van der Waals surface area contributed by atoms with Crippen molar-refractivity contribution in [2.45, 2.75) is 39.3 Å². The predicted octanol–water partition coefficient (Wildman–Crippen LogP) is 5.00. The van der Waals surface area contributed by atoms with Crippen molar-refractivity contribution in [3.05, 3.63) is 100 Å². The molecule has 0 unspecified atom stereocenters. The lowest BCUT2D eigenvalue weighted by Crippen LogP contribution is -2.33. The zero-order chi connectivity index (χ0) is 21.8. The van der Waals surface area contributed by atoms with Gasteiger partial charge in [0.05, 0.1) is 12.6 Å². The van der Waals surface area contributed by atoms with Gasteiger partial charge in [-0.05, 0) is 67.1 Å². The van der Waals surface area contributed by atoms with Crippen LogP contribution in [-0.4, -0.2) is 29.1 Å². The first-order valence-electron chi connectivity index (χ1n) is 10.9. The number of nitrogens with zero attached hydrogens (tertiary/aromatic N) is 1. The third kappa shape index (κ3) is 4.80. The molecule has 0 aromatic heterocycles. The lowest BCUT2D eigenvalue weighted by Gasteiger charge is -2.22. The molecule has 1 aliphatic heterocycles. The van der Waals surface area contributed by atoms with Crippen LogP contribution < -0.4 is 4.74 Å². The Bertz CT molecular complexity index is 1060. The van der Waals surface area contributed by atoms with Gasteiger partial charge in [0.25, 0.3) is 5.91 Å². The van der Waals surface area contributed by atoms with Crippen LogP contribution in [0.1, 0.15) is 50.7 Å². The summed E-state index contributed by atoms with van der Waals surface area (Å²) in [6.45, 7) is 5.48. The maximum Gasteiger partial charge on any atom is 0.254 e. The zero-order valence-corrected chi connectivity index (χ0v) is 18.2. The molecule has 0 bridgehead atoms. The molecular weight excluding hydrogens is 386 g/mol. The summed E-state index contributed by atoms with van der Waals surface area (Å²) in [5, 5.41) is 10.8. The second-order valence-electron chi connectivity index (χ2n) is 8.23. The SMILES string of the molecule is Cc1cccc(C(=O)N2CCOc3ccc([C@H](O)CCc4ccccc4)cc3C2)c1C. The molecule has 0 spiro atoms. The van der Waals surface area contributed by atoms with E-state index in [9.17, 15) is 9.90 Å². The van der Waals surface area contributed by atoms with Crippen LogP contribution in [0.15, 0.2) is 66.7 Å². The standard InChI is InChI=1S/C27H29NO3/c1-19-7-6-10-24(20(19)2)27(30)28-15-16-31-26-14-12-22(17-23(26)18-28)25(29)13-11-21-8-4-3-5-9-21/h3-10,12,14,17,25,29H,11,13,15-16,18H2,1-2H3/t25-/m1/s1. The minimum atomic E-state index is -0.558. The second kappa shape index (κ2) is 9.36. The van der Waals surface area contributed by atoms with Crippen molar-refractivity contribution >= 4 is 5.91 Å². The molecule has 1 aliphatic rings. The Balaban J connectivity index is 1.51. The van der Waals surface area contributed by atoms with Crippen LogP contribution in [0.4, 0.5) is 0 Å². The first-order chi connectivity index (χ1) is 15.0. The third-order valence-corrected chi connectivity index (χ3v) is 6.12. The largest absolute Gasteiger partial charge is 0.491 e. The van der Waals surface area contributed by atoms with E-state index < -0.39 is 6.10 Å². The van der Waals surface area contributed by atoms with Crippen LogP contribution in [0.3, 0.4) is 0 Å². The maximum absolute atomic E-state index is 13.2. The van der Waals surface area contributed by atoms with Crippen LogP contribution >= 0.6 is 0 Å². The van der Waals surface area contributed by atoms with Gasteiger partial charge < -0.3 is 14.7 Å².